The van der Waals surface area contributed by atoms with Crippen LogP contribution in [0.2, 0.25) is 0 Å². The molecule has 5 rings (SSSR count). The van der Waals surface area contributed by atoms with Gasteiger partial charge in [-0.3, -0.25) is 14.7 Å². The zero-order valence-corrected chi connectivity index (χ0v) is 26.7. The van der Waals surface area contributed by atoms with E-state index in [4.69, 9.17) is 14.2 Å². The third kappa shape index (κ3) is 8.19. The van der Waals surface area contributed by atoms with Crippen molar-refractivity contribution in [3.63, 3.8) is 0 Å². The summed E-state index contributed by atoms with van der Waals surface area (Å²) in [6.07, 6.45) is 0.647. The molecule has 2 aliphatic rings. The SMILES string of the molecule is CCOC(=O)COCCN1CCN(CCOc2cc(F)c([C@@H]3c4[nH]c5ccccc5c4C[C@@H](C)N3CC(C)(C)F)c(F)c2)CC1. The van der Waals surface area contributed by atoms with Crippen LogP contribution in [0.5, 0.6) is 5.75 Å². The van der Waals surface area contributed by atoms with Crippen molar-refractivity contribution < 1.29 is 32.2 Å². The minimum absolute atomic E-state index is 0.0264. The van der Waals surface area contributed by atoms with Gasteiger partial charge in [-0.05, 0) is 45.7 Å². The lowest BCUT2D eigenvalue weighted by molar-refractivity contribution is -0.148. The fourth-order valence-electron chi connectivity index (χ4n) is 6.49. The highest BCUT2D eigenvalue weighted by Gasteiger charge is 2.41. The normalized spacial score (nSPS) is 20.0. The summed E-state index contributed by atoms with van der Waals surface area (Å²) in [4.78, 5) is 21.2. The first-order chi connectivity index (χ1) is 21.5. The number of piperazine rings is 1. The molecule has 1 N–H and O–H groups in total. The van der Waals surface area contributed by atoms with Crippen molar-refractivity contribution in [3.8, 4) is 5.75 Å². The molecule has 0 saturated carbocycles. The highest BCUT2D eigenvalue weighted by molar-refractivity contribution is 5.85. The number of fused-ring (bicyclic) bond motifs is 3. The number of alkyl halides is 1. The van der Waals surface area contributed by atoms with Crippen LogP contribution in [0, 0.1) is 11.6 Å². The molecule has 0 amide bonds. The molecule has 3 aromatic rings. The second kappa shape index (κ2) is 14.5. The Morgan fingerprint density at radius 2 is 1.67 bits per heavy atom. The fourth-order valence-corrected chi connectivity index (χ4v) is 6.49. The molecular formula is C34H45F3N4O4. The molecule has 246 valence electrons. The third-order valence-corrected chi connectivity index (χ3v) is 8.62. The van der Waals surface area contributed by atoms with Crippen molar-refractivity contribution in [2.75, 3.05) is 72.2 Å². The second-order valence-corrected chi connectivity index (χ2v) is 12.6. The highest BCUT2D eigenvalue weighted by atomic mass is 19.1. The number of aromatic amines is 1. The monoisotopic (exact) mass is 630 g/mol. The van der Waals surface area contributed by atoms with E-state index in [1.807, 2.05) is 36.1 Å². The molecule has 1 fully saturated rings. The first-order valence-corrected chi connectivity index (χ1v) is 15.9. The first kappa shape index (κ1) is 33.2. The van der Waals surface area contributed by atoms with E-state index in [9.17, 15) is 4.79 Å². The van der Waals surface area contributed by atoms with Gasteiger partial charge >= 0.3 is 5.97 Å². The molecule has 2 aliphatic heterocycles. The van der Waals surface area contributed by atoms with Gasteiger partial charge in [-0.2, -0.15) is 0 Å². The molecule has 1 saturated heterocycles. The van der Waals surface area contributed by atoms with Crippen LogP contribution < -0.4 is 4.74 Å². The largest absolute Gasteiger partial charge is 0.492 e. The highest BCUT2D eigenvalue weighted by Crippen LogP contribution is 2.43. The van der Waals surface area contributed by atoms with Gasteiger partial charge in [0.25, 0.3) is 0 Å². The molecule has 1 aromatic heterocycles. The maximum atomic E-state index is 15.9. The maximum Gasteiger partial charge on any atom is 0.332 e. The van der Waals surface area contributed by atoms with Gasteiger partial charge in [0.2, 0.25) is 0 Å². The summed E-state index contributed by atoms with van der Waals surface area (Å²) < 4.78 is 62.9. The Labute approximate surface area is 263 Å². The molecule has 45 heavy (non-hydrogen) atoms. The fraction of sp³-hybridized carbons (Fsp3) is 0.559. The van der Waals surface area contributed by atoms with Crippen molar-refractivity contribution in [1.29, 1.82) is 0 Å². The van der Waals surface area contributed by atoms with Crippen molar-refractivity contribution in [2.24, 2.45) is 0 Å². The van der Waals surface area contributed by atoms with Gasteiger partial charge in [0.15, 0.2) is 0 Å². The summed E-state index contributed by atoms with van der Waals surface area (Å²) in [6, 6.07) is 9.37. The molecule has 0 spiro atoms. The minimum Gasteiger partial charge on any atom is -0.492 e. The Hall–Kier alpha value is -3.12. The summed E-state index contributed by atoms with van der Waals surface area (Å²) in [7, 11) is 0. The molecule has 0 bridgehead atoms. The molecule has 8 nitrogen and oxygen atoms in total. The maximum absolute atomic E-state index is 15.9. The number of esters is 1. The van der Waals surface area contributed by atoms with Gasteiger partial charge < -0.3 is 19.2 Å². The lowest BCUT2D eigenvalue weighted by Crippen LogP contribution is -2.48. The first-order valence-electron chi connectivity index (χ1n) is 15.9. The Morgan fingerprint density at radius 1 is 1.02 bits per heavy atom. The Morgan fingerprint density at radius 3 is 2.31 bits per heavy atom. The van der Waals surface area contributed by atoms with E-state index in [0.29, 0.717) is 31.9 Å². The number of carbonyl (C=O) groups excluding carboxylic acids is 1. The number of aromatic nitrogens is 1. The van der Waals surface area contributed by atoms with Gasteiger partial charge in [0, 0.05) is 86.1 Å². The molecule has 11 heteroatoms. The predicted molar refractivity (Wildman–Crippen MR) is 167 cm³/mol. The number of rotatable bonds is 13. The molecule has 0 radical (unpaired) electrons. The summed E-state index contributed by atoms with van der Waals surface area (Å²) in [6.45, 7) is 12.5. The Bertz CT molecular complexity index is 1430. The van der Waals surface area contributed by atoms with Gasteiger partial charge in [0.05, 0.1) is 19.3 Å². The van der Waals surface area contributed by atoms with Gasteiger partial charge in [-0.25, -0.2) is 18.0 Å². The standard InChI is InChI=1S/C34H45F3N4O4/c1-5-44-30(42)21-43-16-14-39-10-12-40(13-11-39)15-17-45-24-19-27(35)31(28(36)20-24)33-32-26(25-8-6-7-9-29(25)38-32)18-23(2)41(33)22-34(3,4)37/h6-9,19-20,23,33,38H,5,10-18,21-22H2,1-4H3/t23-,33-/m1/s1. The van der Waals surface area contributed by atoms with E-state index in [0.717, 1.165) is 49.2 Å². The smallest absolute Gasteiger partial charge is 0.332 e. The number of ether oxygens (including phenoxy) is 3. The van der Waals surface area contributed by atoms with Crippen molar-refractivity contribution >= 4 is 16.9 Å². The van der Waals surface area contributed by atoms with E-state index in [1.165, 1.54) is 26.0 Å². The van der Waals surface area contributed by atoms with Crippen molar-refractivity contribution in [1.82, 2.24) is 19.7 Å². The van der Waals surface area contributed by atoms with Crippen molar-refractivity contribution in [2.45, 2.75) is 51.9 Å². The number of H-pyrrole nitrogens is 1. The van der Waals surface area contributed by atoms with Crippen molar-refractivity contribution in [3.05, 3.63) is 64.9 Å². The van der Waals surface area contributed by atoms with Crippen LogP contribution in [0.1, 0.15) is 50.6 Å². The number of hydrogen-bond acceptors (Lipinski definition) is 7. The quantitative estimate of drug-likeness (QED) is 0.208. The van der Waals surface area contributed by atoms with Gasteiger partial charge in [-0.15, -0.1) is 0 Å². The third-order valence-electron chi connectivity index (χ3n) is 8.62. The Kier molecular flexibility index (Phi) is 10.7. The molecule has 3 heterocycles. The number of halogens is 3. The van der Waals surface area contributed by atoms with E-state index in [1.54, 1.807) is 6.92 Å². The number of carbonyl (C=O) groups is 1. The zero-order valence-electron chi connectivity index (χ0n) is 26.7. The average Bonchev–Trinajstić information content (AvgIpc) is 3.35. The van der Waals surface area contributed by atoms with Crippen LogP contribution in [0.4, 0.5) is 13.2 Å². The van der Waals surface area contributed by atoms with Gasteiger partial charge in [0.1, 0.15) is 36.3 Å². The van der Waals surface area contributed by atoms with Crippen LogP contribution in [-0.2, 0) is 20.7 Å². The van der Waals surface area contributed by atoms with Crippen LogP contribution >= 0.6 is 0 Å². The molecule has 2 atom stereocenters. The van der Waals surface area contributed by atoms with Gasteiger partial charge in [-0.1, -0.05) is 18.2 Å². The lowest BCUT2D eigenvalue weighted by atomic mass is 9.87. The summed E-state index contributed by atoms with van der Waals surface area (Å²) >= 11 is 0. The number of benzene rings is 2. The summed E-state index contributed by atoms with van der Waals surface area (Å²) in [5.74, 6) is -1.65. The number of para-hydroxylation sites is 1. The topological polar surface area (TPSA) is 70.3 Å². The van der Waals surface area contributed by atoms with Crippen LogP contribution in [0.25, 0.3) is 10.9 Å². The van der Waals surface area contributed by atoms with E-state index < -0.39 is 23.3 Å². The molecule has 2 aromatic carbocycles. The van der Waals surface area contributed by atoms with E-state index in [2.05, 4.69) is 14.8 Å². The second-order valence-electron chi connectivity index (χ2n) is 12.6. The molecule has 0 aliphatic carbocycles. The lowest BCUT2D eigenvalue weighted by Gasteiger charge is -2.43. The van der Waals surface area contributed by atoms with E-state index in [-0.39, 0.29) is 43.1 Å². The zero-order chi connectivity index (χ0) is 32.1. The number of hydrogen-bond donors (Lipinski definition) is 1. The van der Waals surface area contributed by atoms with Crippen LogP contribution in [0.15, 0.2) is 36.4 Å². The van der Waals surface area contributed by atoms with Crippen LogP contribution in [-0.4, -0.2) is 110 Å². The molecular weight excluding hydrogens is 585 g/mol. The molecule has 0 unspecified atom stereocenters. The average molecular weight is 631 g/mol. The Balaban J connectivity index is 1.21. The van der Waals surface area contributed by atoms with Crippen LogP contribution in [0.3, 0.4) is 0 Å². The number of nitrogens with one attached hydrogen (secondary N) is 1. The number of nitrogens with zero attached hydrogens (tertiary/aromatic N) is 3. The summed E-state index contributed by atoms with van der Waals surface area (Å²) in [5.41, 5.74) is 0.947. The predicted octanol–water partition coefficient (Wildman–Crippen LogP) is 5.11. The van der Waals surface area contributed by atoms with E-state index >= 15 is 13.2 Å². The minimum atomic E-state index is -1.56. The summed E-state index contributed by atoms with van der Waals surface area (Å²) in [5, 5.41) is 1.02.